The standard InChI is InChI=1S/C24H34N2O3/c1-4-29-23(28)24-14-18(13-16(2)10-12-27)15-26(17(24)3)11-9-20-19-7-5-6-8-21(19)25-22(20)24/h5-8,16-18,25,27H,4,9-15H2,1-3H3/t16?,17?,18-,24?/m0/s1. The number of esters is 1. The Hall–Kier alpha value is -1.85. The zero-order valence-electron chi connectivity index (χ0n) is 17.9. The molecule has 0 saturated carbocycles. The first kappa shape index (κ1) is 20.4. The lowest BCUT2D eigenvalue weighted by atomic mass is 9.66. The summed E-state index contributed by atoms with van der Waals surface area (Å²) in [7, 11) is 0. The Bertz CT molecular complexity index is 876. The van der Waals surface area contributed by atoms with Gasteiger partial charge in [0.2, 0.25) is 0 Å². The Balaban J connectivity index is 1.83. The number of hydrogen-bond donors (Lipinski definition) is 2. The minimum atomic E-state index is -0.664. The number of aromatic amines is 1. The van der Waals surface area contributed by atoms with Crippen molar-refractivity contribution in [2.45, 2.75) is 57.9 Å². The summed E-state index contributed by atoms with van der Waals surface area (Å²) in [6.45, 7) is 8.90. The van der Waals surface area contributed by atoms with Gasteiger partial charge in [-0.3, -0.25) is 9.69 Å². The molecule has 5 atom stereocenters. The summed E-state index contributed by atoms with van der Waals surface area (Å²) in [6, 6.07) is 8.49. The van der Waals surface area contributed by atoms with Crippen LogP contribution in [-0.4, -0.2) is 53.3 Å². The average molecular weight is 399 g/mol. The molecule has 2 bridgehead atoms. The average Bonchev–Trinajstić information content (AvgIpc) is 3.05. The molecule has 0 aliphatic carbocycles. The zero-order chi connectivity index (χ0) is 20.6. The van der Waals surface area contributed by atoms with Gasteiger partial charge >= 0.3 is 5.97 Å². The summed E-state index contributed by atoms with van der Waals surface area (Å²) in [5, 5.41) is 10.6. The van der Waals surface area contributed by atoms with Crippen molar-refractivity contribution in [1.29, 1.82) is 0 Å². The largest absolute Gasteiger partial charge is 0.465 e. The minimum absolute atomic E-state index is 0.0910. The number of aliphatic hydroxyl groups is 1. The molecular formula is C24H34N2O3. The molecule has 2 aliphatic heterocycles. The number of benzene rings is 1. The van der Waals surface area contributed by atoms with E-state index in [2.05, 4.69) is 41.9 Å². The number of hydrogen-bond acceptors (Lipinski definition) is 4. The van der Waals surface area contributed by atoms with Crippen LogP contribution >= 0.6 is 0 Å². The molecule has 2 aliphatic rings. The van der Waals surface area contributed by atoms with Gasteiger partial charge in [-0.15, -0.1) is 0 Å². The molecule has 0 radical (unpaired) electrons. The number of carbonyl (C=O) groups excluding carboxylic acids is 1. The lowest BCUT2D eigenvalue weighted by molar-refractivity contribution is -0.157. The van der Waals surface area contributed by atoms with E-state index in [0.29, 0.717) is 18.4 Å². The van der Waals surface area contributed by atoms with Gasteiger partial charge in [-0.2, -0.15) is 0 Å². The lowest BCUT2D eigenvalue weighted by Gasteiger charge is -2.48. The van der Waals surface area contributed by atoms with Gasteiger partial charge < -0.3 is 14.8 Å². The predicted molar refractivity (Wildman–Crippen MR) is 115 cm³/mol. The predicted octanol–water partition coefficient (Wildman–Crippen LogP) is 3.64. The van der Waals surface area contributed by atoms with Gasteiger partial charge in [0.1, 0.15) is 5.41 Å². The third-order valence-corrected chi connectivity index (χ3v) is 7.27. The van der Waals surface area contributed by atoms with Crippen molar-refractivity contribution in [1.82, 2.24) is 9.88 Å². The summed E-state index contributed by atoms with van der Waals surface area (Å²) >= 11 is 0. The Kier molecular flexibility index (Phi) is 5.71. The fourth-order valence-corrected chi connectivity index (χ4v) is 5.86. The van der Waals surface area contributed by atoms with Crippen LogP contribution in [-0.2, 0) is 21.4 Å². The van der Waals surface area contributed by atoms with Gasteiger partial charge in [0.15, 0.2) is 0 Å². The van der Waals surface area contributed by atoms with Crippen LogP contribution in [0.4, 0.5) is 0 Å². The summed E-state index contributed by atoms with van der Waals surface area (Å²) in [6.07, 6.45) is 3.60. The highest BCUT2D eigenvalue weighted by molar-refractivity contribution is 5.91. The molecule has 2 N–H and O–H groups in total. The van der Waals surface area contributed by atoms with Gasteiger partial charge in [-0.05, 0) is 63.0 Å². The second-order valence-electron chi connectivity index (χ2n) is 9.06. The van der Waals surface area contributed by atoms with E-state index in [-0.39, 0.29) is 18.6 Å². The molecule has 1 aromatic carbocycles. The number of aromatic nitrogens is 1. The van der Waals surface area contributed by atoms with E-state index in [0.717, 1.165) is 50.0 Å². The van der Waals surface area contributed by atoms with Gasteiger partial charge in [-0.25, -0.2) is 0 Å². The number of rotatable bonds is 6. The summed E-state index contributed by atoms with van der Waals surface area (Å²) < 4.78 is 5.71. The second-order valence-corrected chi connectivity index (χ2v) is 9.06. The van der Waals surface area contributed by atoms with E-state index < -0.39 is 5.41 Å². The Morgan fingerprint density at radius 1 is 1.41 bits per heavy atom. The van der Waals surface area contributed by atoms with Crippen molar-refractivity contribution in [2.24, 2.45) is 11.8 Å². The van der Waals surface area contributed by atoms with Gasteiger partial charge in [-0.1, -0.05) is 25.1 Å². The monoisotopic (exact) mass is 398 g/mol. The smallest absolute Gasteiger partial charge is 0.319 e. The van der Waals surface area contributed by atoms with Crippen molar-refractivity contribution < 1.29 is 14.6 Å². The molecule has 1 aromatic heterocycles. The van der Waals surface area contributed by atoms with E-state index in [9.17, 15) is 9.90 Å². The molecule has 0 amide bonds. The normalized spacial score (nSPS) is 29.9. The van der Waals surface area contributed by atoms with Crippen LogP contribution in [0.25, 0.3) is 10.9 Å². The van der Waals surface area contributed by atoms with Crippen molar-refractivity contribution in [2.75, 3.05) is 26.3 Å². The molecule has 5 heteroatoms. The maximum atomic E-state index is 13.6. The summed E-state index contributed by atoms with van der Waals surface area (Å²) in [5.41, 5.74) is 2.80. The number of nitrogens with one attached hydrogen (secondary N) is 1. The highest BCUT2D eigenvalue weighted by Crippen LogP contribution is 2.48. The molecule has 29 heavy (non-hydrogen) atoms. The fourth-order valence-electron chi connectivity index (χ4n) is 5.86. The van der Waals surface area contributed by atoms with E-state index in [1.54, 1.807) is 0 Å². The third kappa shape index (κ3) is 3.38. The Morgan fingerprint density at radius 3 is 2.97 bits per heavy atom. The van der Waals surface area contributed by atoms with Crippen LogP contribution in [0.1, 0.15) is 51.3 Å². The van der Waals surface area contributed by atoms with E-state index in [1.165, 1.54) is 10.9 Å². The Morgan fingerprint density at radius 2 is 2.21 bits per heavy atom. The molecule has 3 heterocycles. The van der Waals surface area contributed by atoms with E-state index in [1.807, 2.05) is 13.0 Å². The summed E-state index contributed by atoms with van der Waals surface area (Å²) in [4.78, 5) is 19.7. The number of H-pyrrole nitrogens is 1. The molecule has 4 rings (SSSR count). The number of piperidine rings is 1. The highest BCUT2D eigenvalue weighted by atomic mass is 16.5. The van der Waals surface area contributed by atoms with Gasteiger partial charge in [0.25, 0.3) is 0 Å². The molecule has 1 fully saturated rings. The van der Waals surface area contributed by atoms with Crippen LogP contribution in [0, 0.1) is 11.8 Å². The molecule has 4 unspecified atom stereocenters. The van der Waals surface area contributed by atoms with Crippen LogP contribution in [0.5, 0.6) is 0 Å². The molecular weight excluding hydrogens is 364 g/mol. The number of aliphatic hydroxyl groups excluding tert-OH is 1. The van der Waals surface area contributed by atoms with Crippen LogP contribution in [0.2, 0.25) is 0 Å². The Labute approximate surface area is 173 Å². The quantitative estimate of drug-likeness (QED) is 0.729. The number of carbonyl (C=O) groups is 1. The first-order valence-electron chi connectivity index (χ1n) is 11.1. The SMILES string of the molecule is CCOC(=O)C12C[C@H](CC(C)CCO)CN(CCc3c1[nH]c1ccccc31)C2C. The number of nitrogens with zero attached hydrogens (tertiary/aromatic N) is 1. The maximum Gasteiger partial charge on any atom is 0.319 e. The minimum Gasteiger partial charge on any atom is -0.465 e. The lowest BCUT2D eigenvalue weighted by Crippen LogP contribution is -2.60. The van der Waals surface area contributed by atoms with Crippen LogP contribution < -0.4 is 0 Å². The molecule has 5 nitrogen and oxygen atoms in total. The van der Waals surface area contributed by atoms with E-state index in [4.69, 9.17) is 4.74 Å². The number of para-hydroxylation sites is 1. The first-order chi connectivity index (χ1) is 14.0. The molecule has 2 aromatic rings. The van der Waals surface area contributed by atoms with Crippen LogP contribution in [0.3, 0.4) is 0 Å². The van der Waals surface area contributed by atoms with Gasteiger partial charge in [0, 0.05) is 42.3 Å². The highest BCUT2D eigenvalue weighted by Gasteiger charge is 2.56. The van der Waals surface area contributed by atoms with E-state index >= 15 is 0 Å². The molecule has 1 saturated heterocycles. The third-order valence-electron chi connectivity index (χ3n) is 7.27. The number of fused-ring (bicyclic) bond motifs is 6. The topological polar surface area (TPSA) is 65.6 Å². The number of ether oxygens (including phenoxy) is 1. The molecule has 158 valence electrons. The fraction of sp³-hybridized carbons (Fsp3) is 0.625. The van der Waals surface area contributed by atoms with Crippen molar-refractivity contribution in [3.05, 3.63) is 35.5 Å². The van der Waals surface area contributed by atoms with Gasteiger partial charge in [0.05, 0.1) is 6.61 Å². The second kappa shape index (κ2) is 8.11. The summed E-state index contributed by atoms with van der Waals surface area (Å²) in [5.74, 6) is 0.768. The van der Waals surface area contributed by atoms with Crippen molar-refractivity contribution in [3.8, 4) is 0 Å². The van der Waals surface area contributed by atoms with Crippen LogP contribution in [0.15, 0.2) is 24.3 Å². The van der Waals surface area contributed by atoms with Crippen molar-refractivity contribution in [3.63, 3.8) is 0 Å². The molecule has 0 spiro atoms. The first-order valence-corrected chi connectivity index (χ1v) is 11.1. The zero-order valence-corrected chi connectivity index (χ0v) is 17.9. The van der Waals surface area contributed by atoms with Crippen molar-refractivity contribution >= 4 is 16.9 Å². The maximum absolute atomic E-state index is 13.6.